The Morgan fingerprint density at radius 3 is 2.55 bits per heavy atom. The second kappa shape index (κ2) is 5.50. The Bertz CT molecular complexity index is 685. The first-order valence-corrected chi connectivity index (χ1v) is 6.54. The van der Waals surface area contributed by atoms with Crippen molar-refractivity contribution in [2.75, 3.05) is 11.1 Å². The van der Waals surface area contributed by atoms with Crippen LogP contribution in [0.1, 0.15) is 27.3 Å². The number of rotatable bonds is 3. The maximum absolute atomic E-state index is 11.5. The van der Waals surface area contributed by atoms with E-state index >= 15 is 0 Å². The number of nitrogens with two attached hydrogens (primary N) is 1. The zero-order valence-electron chi connectivity index (χ0n) is 11.6. The van der Waals surface area contributed by atoms with Crippen LogP contribution in [0.5, 0.6) is 0 Å². The SMILES string of the molecule is Cc1ncc(C(=O)S)c(Nc2cc(C)c(C)cc2N)n1. The predicted molar refractivity (Wildman–Crippen MR) is 83.7 cm³/mol. The van der Waals surface area contributed by atoms with E-state index in [-0.39, 0.29) is 0 Å². The number of benzene rings is 1. The molecule has 1 aromatic heterocycles. The molecule has 5 nitrogen and oxygen atoms in total. The van der Waals surface area contributed by atoms with Crippen LogP contribution in [0.25, 0.3) is 0 Å². The summed E-state index contributed by atoms with van der Waals surface area (Å²) >= 11 is 3.83. The summed E-state index contributed by atoms with van der Waals surface area (Å²) in [5.74, 6) is 0.973. The lowest BCUT2D eigenvalue weighted by atomic mass is 10.1. The van der Waals surface area contributed by atoms with Gasteiger partial charge in [-0.3, -0.25) is 4.79 Å². The fraction of sp³-hybridized carbons (Fsp3) is 0.214. The number of hydrogen-bond acceptors (Lipinski definition) is 5. The summed E-state index contributed by atoms with van der Waals surface area (Å²) in [5, 5.41) is 2.69. The Morgan fingerprint density at radius 2 is 1.90 bits per heavy atom. The van der Waals surface area contributed by atoms with E-state index in [9.17, 15) is 4.79 Å². The van der Waals surface area contributed by atoms with Crippen molar-refractivity contribution in [3.63, 3.8) is 0 Å². The minimum atomic E-state index is -0.394. The maximum atomic E-state index is 11.5. The summed E-state index contributed by atoms with van der Waals surface area (Å²) in [6, 6.07) is 3.81. The maximum Gasteiger partial charge on any atom is 0.221 e. The number of nitrogen functional groups attached to an aromatic ring is 1. The van der Waals surface area contributed by atoms with Gasteiger partial charge in [-0.2, -0.15) is 0 Å². The average molecular weight is 288 g/mol. The van der Waals surface area contributed by atoms with Gasteiger partial charge in [0, 0.05) is 6.20 Å². The van der Waals surface area contributed by atoms with Crippen molar-refractivity contribution >= 4 is 34.9 Å². The van der Waals surface area contributed by atoms with E-state index in [0.29, 0.717) is 28.6 Å². The zero-order chi connectivity index (χ0) is 14.9. The second-order valence-corrected chi connectivity index (χ2v) is 5.04. The van der Waals surface area contributed by atoms with Crippen molar-refractivity contribution in [1.29, 1.82) is 0 Å². The highest BCUT2D eigenvalue weighted by molar-refractivity contribution is 7.97. The molecule has 3 N–H and O–H groups in total. The fourth-order valence-electron chi connectivity index (χ4n) is 1.80. The normalized spacial score (nSPS) is 10.4. The molecule has 0 amide bonds. The minimum Gasteiger partial charge on any atom is -0.397 e. The van der Waals surface area contributed by atoms with Gasteiger partial charge in [-0.1, -0.05) is 0 Å². The molecule has 0 radical (unpaired) electrons. The van der Waals surface area contributed by atoms with Gasteiger partial charge in [0.2, 0.25) is 5.12 Å². The van der Waals surface area contributed by atoms with Gasteiger partial charge in [-0.25, -0.2) is 9.97 Å². The monoisotopic (exact) mass is 288 g/mol. The molecule has 0 unspecified atom stereocenters. The molecule has 6 heteroatoms. The quantitative estimate of drug-likeness (QED) is 0.597. The van der Waals surface area contributed by atoms with E-state index in [1.165, 1.54) is 6.20 Å². The molecule has 0 saturated carbocycles. The van der Waals surface area contributed by atoms with E-state index in [0.717, 1.165) is 11.1 Å². The van der Waals surface area contributed by atoms with Crippen LogP contribution in [0.3, 0.4) is 0 Å². The van der Waals surface area contributed by atoms with Crippen LogP contribution in [0, 0.1) is 20.8 Å². The Hall–Kier alpha value is -2.08. The van der Waals surface area contributed by atoms with Gasteiger partial charge in [0.1, 0.15) is 11.6 Å². The first-order chi connectivity index (χ1) is 9.38. The van der Waals surface area contributed by atoms with Crippen LogP contribution in [0.4, 0.5) is 17.2 Å². The first kappa shape index (κ1) is 14.3. The molecule has 0 bridgehead atoms. The molecule has 2 aromatic rings. The number of nitrogens with zero attached hydrogens (tertiary/aromatic N) is 2. The molecular weight excluding hydrogens is 272 g/mol. The van der Waals surface area contributed by atoms with Gasteiger partial charge in [-0.05, 0) is 44.0 Å². The molecule has 0 saturated heterocycles. The highest BCUT2D eigenvalue weighted by Gasteiger charge is 2.12. The lowest BCUT2D eigenvalue weighted by molar-refractivity contribution is 0.109. The predicted octanol–water partition coefficient (Wildman–Crippen LogP) is 2.80. The highest BCUT2D eigenvalue weighted by Crippen LogP contribution is 2.27. The lowest BCUT2D eigenvalue weighted by Gasteiger charge is -2.13. The van der Waals surface area contributed by atoms with Crippen LogP contribution in [0.2, 0.25) is 0 Å². The van der Waals surface area contributed by atoms with Crippen molar-refractivity contribution < 1.29 is 4.79 Å². The highest BCUT2D eigenvalue weighted by atomic mass is 32.1. The lowest BCUT2D eigenvalue weighted by Crippen LogP contribution is -2.06. The summed E-state index contributed by atoms with van der Waals surface area (Å²) in [7, 11) is 0. The van der Waals surface area contributed by atoms with Crippen LogP contribution in [-0.4, -0.2) is 15.1 Å². The molecule has 0 fully saturated rings. The smallest absolute Gasteiger partial charge is 0.221 e. The molecule has 0 aliphatic carbocycles. The van der Waals surface area contributed by atoms with Gasteiger partial charge in [0.15, 0.2) is 0 Å². The number of carbonyl (C=O) groups is 1. The largest absolute Gasteiger partial charge is 0.397 e. The van der Waals surface area contributed by atoms with Crippen molar-refractivity contribution in [2.45, 2.75) is 20.8 Å². The van der Waals surface area contributed by atoms with E-state index in [2.05, 4.69) is 27.9 Å². The van der Waals surface area contributed by atoms with Crippen molar-refractivity contribution in [3.05, 3.63) is 40.8 Å². The number of anilines is 3. The topological polar surface area (TPSA) is 80.9 Å². The molecule has 0 spiro atoms. The molecule has 1 heterocycles. The summed E-state index contributed by atoms with van der Waals surface area (Å²) in [5.41, 5.74) is 9.83. The van der Waals surface area contributed by atoms with E-state index in [1.54, 1.807) is 6.92 Å². The van der Waals surface area contributed by atoms with E-state index in [4.69, 9.17) is 5.73 Å². The third-order valence-electron chi connectivity index (χ3n) is 3.06. The Morgan fingerprint density at radius 1 is 1.25 bits per heavy atom. The number of thiol groups is 1. The number of hydrogen-bond donors (Lipinski definition) is 3. The molecule has 20 heavy (non-hydrogen) atoms. The number of aryl methyl sites for hydroxylation is 3. The molecule has 0 aliphatic heterocycles. The third kappa shape index (κ3) is 2.91. The minimum absolute atomic E-state index is 0.316. The van der Waals surface area contributed by atoms with Crippen LogP contribution >= 0.6 is 12.6 Å². The summed E-state index contributed by atoms with van der Waals surface area (Å²) < 4.78 is 0. The fourth-order valence-corrected chi connectivity index (χ4v) is 1.96. The number of carbonyl (C=O) groups excluding carboxylic acids is 1. The molecule has 1 aromatic carbocycles. The van der Waals surface area contributed by atoms with Gasteiger partial charge in [0.25, 0.3) is 0 Å². The molecule has 0 aliphatic rings. The molecule has 104 valence electrons. The summed E-state index contributed by atoms with van der Waals surface area (Å²) in [6.45, 7) is 5.74. The van der Waals surface area contributed by atoms with Crippen LogP contribution in [-0.2, 0) is 0 Å². The van der Waals surface area contributed by atoms with Crippen LogP contribution in [0.15, 0.2) is 18.3 Å². The Balaban J connectivity index is 2.47. The molecular formula is C14H16N4OS. The van der Waals surface area contributed by atoms with Gasteiger partial charge >= 0.3 is 0 Å². The summed E-state index contributed by atoms with van der Waals surface area (Å²) in [6.07, 6.45) is 1.46. The van der Waals surface area contributed by atoms with E-state index < -0.39 is 5.12 Å². The Labute approximate surface area is 123 Å². The van der Waals surface area contributed by atoms with E-state index in [1.807, 2.05) is 26.0 Å². The third-order valence-corrected chi connectivity index (χ3v) is 3.30. The first-order valence-electron chi connectivity index (χ1n) is 6.09. The van der Waals surface area contributed by atoms with Crippen molar-refractivity contribution in [1.82, 2.24) is 9.97 Å². The van der Waals surface area contributed by atoms with Crippen molar-refractivity contribution in [2.24, 2.45) is 0 Å². The standard InChI is InChI=1S/C14H16N4OS/c1-7-4-11(15)12(5-8(7)2)18-13-10(14(19)20)6-16-9(3)17-13/h4-6H,15H2,1-3H3,(H,19,20)(H,16,17,18). The van der Waals surface area contributed by atoms with Gasteiger partial charge in [0.05, 0.1) is 16.9 Å². The van der Waals surface area contributed by atoms with Gasteiger partial charge in [-0.15, -0.1) is 12.6 Å². The number of nitrogens with one attached hydrogen (secondary N) is 1. The average Bonchev–Trinajstić information content (AvgIpc) is 2.35. The number of aromatic nitrogens is 2. The zero-order valence-corrected chi connectivity index (χ0v) is 12.5. The van der Waals surface area contributed by atoms with Crippen molar-refractivity contribution in [3.8, 4) is 0 Å². The van der Waals surface area contributed by atoms with Gasteiger partial charge < -0.3 is 11.1 Å². The Kier molecular flexibility index (Phi) is 3.94. The molecule has 2 rings (SSSR count). The summed E-state index contributed by atoms with van der Waals surface area (Å²) in [4.78, 5) is 19.7. The molecule has 0 atom stereocenters. The second-order valence-electron chi connectivity index (χ2n) is 4.63. The van der Waals surface area contributed by atoms with Crippen LogP contribution < -0.4 is 11.1 Å².